The minimum Gasteiger partial charge on any atom is -0.457 e. The van der Waals surface area contributed by atoms with E-state index in [2.05, 4.69) is 0 Å². The summed E-state index contributed by atoms with van der Waals surface area (Å²) in [5.41, 5.74) is 0.612. The molecule has 98 valence electrons. The molecule has 1 N–H and O–H groups in total. The Morgan fingerprint density at radius 3 is 2.47 bits per heavy atom. The molecule has 0 saturated carbocycles. The van der Waals surface area contributed by atoms with E-state index in [1.54, 1.807) is 25.1 Å². The number of ether oxygens (including phenoxy) is 1. The van der Waals surface area contributed by atoms with Crippen molar-refractivity contribution in [3.63, 3.8) is 0 Å². The van der Waals surface area contributed by atoms with E-state index in [4.69, 9.17) is 33.3 Å². The maximum Gasteiger partial charge on any atom is 0.136 e. The molecule has 0 aromatic heterocycles. The van der Waals surface area contributed by atoms with Crippen LogP contribution in [0.1, 0.15) is 12.5 Å². The summed E-state index contributed by atoms with van der Waals surface area (Å²) in [6, 6.07) is 8.84. The Balaban J connectivity index is 2.37. The SMILES string of the molecule is CC(=N)c1cc(F)ccc1Oc1ccc(Cl)c(Cl)c1. The van der Waals surface area contributed by atoms with E-state index in [-0.39, 0.29) is 5.71 Å². The first-order valence-corrected chi connectivity index (χ1v) is 6.21. The molecule has 5 heteroatoms. The van der Waals surface area contributed by atoms with Gasteiger partial charge in [0.15, 0.2) is 0 Å². The number of hydrogen-bond acceptors (Lipinski definition) is 2. The average molecular weight is 298 g/mol. The van der Waals surface area contributed by atoms with Gasteiger partial charge in [-0.1, -0.05) is 23.2 Å². The van der Waals surface area contributed by atoms with Gasteiger partial charge in [0.1, 0.15) is 17.3 Å². The van der Waals surface area contributed by atoms with E-state index in [1.165, 1.54) is 18.2 Å². The molecular formula is C14H10Cl2FNO. The van der Waals surface area contributed by atoms with Crippen LogP contribution in [-0.2, 0) is 0 Å². The van der Waals surface area contributed by atoms with E-state index >= 15 is 0 Å². The summed E-state index contributed by atoms with van der Waals surface area (Å²) in [4.78, 5) is 0. The van der Waals surface area contributed by atoms with Gasteiger partial charge >= 0.3 is 0 Å². The van der Waals surface area contributed by atoms with Crippen LogP contribution in [0.5, 0.6) is 11.5 Å². The Kier molecular flexibility index (Phi) is 4.08. The second-order valence-corrected chi connectivity index (χ2v) is 4.76. The summed E-state index contributed by atoms with van der Waals surface area (Å²) in [6.45, 7) is 1.57. The molecule has 2 rings (SSSR count). The Morgan fingerprint density at radius 2 is 1.84 bits per heavy atom. The lowest BCUT2D eigenvalue weighted by Crippen LogP contribution is -1.98. The van der Waals surface area contributed by atoms with E-state index in [0.717, 1.165) is 0 Å². The molecule has 2 nitrogen and oxygen atoms in total. The maximum absolute atomic E-state index is 13.2. The standard InChI is InChI=1S/C14H10Cl2FNO/c1-8(18)11-6-9(17)2-5-14(11)19-10-3-4-12(15)13(16)7-10/h2-7,18H,1H3. The van der Waals surface area contributed by atoms with Crippen LogP contribution in [0, 0.1) is 11.2 Å². The van der Waals surface area contributed by atoms with Crippen molar-refractivity contribution in [2.24, 2.45) is 0 Å². The normalized spacial score (nSPS) is 10.3. The minimum atomic E-state index is -0.414. The van der Waals surface area contributed by atoms with Crippen LogP contribution in [0.15, 0.2) is 36.4 Å². The van der Waals surface area contributed by atoms with Crippen LogP contribution in [0.4, 0.5) is 4.39 Å². The Hall–Kier alpha value is -1.58. The predicted molar refractivity (Wildman–Crippen MR) is 75.4 cm³/mol. The zero-order chi connectivity index (χ0) is 14.0. The monoisotopic (exact) mass is 297 g/mol. The molecule has 2 aromatic carbocycles. The molecule has 0 unspecified atom stereocenters. The first-order valence-electron chi connectivity index (χ1n) is 5.45. The third kappa shape index (κ3) is 3.25. The molecule has 0 bridgehead atoms. The zero-order valence-corrected chi connectivity index (χ0v) is 11.5. The lowest BCUT2D eigenvalue weighted by Gasteiger charge is -2.11. The molecule has 0 atom stereocenters. The fourth-order valence-electron chi connectivity index (χ4n) is 1.55. The van der Waals surface area contributed by atoms with Crippen LogP contribution < -0.4 is 4.74 Å². The molecule has 0 amide bonds. The van der Waals surface area contributed by atoms with Crippen molar-refractivity contribution in [1.82, 2.24) is 0 Å². The van der Waals surface area contributed by atoms with Crippen LogP contribution in [-0.4, -0.2) is 5.71 Å². The van der Waals surface area contributed by atoms with Crippen LogP contribution in [0.3, 0.4) is 0 Å². The molecule has 0 radical (unpaired) electrons. The van der Waals surface area contributed by atoms with Gasteiger partial charge in [0.25, 0.3) is 0 Å². The van der Waals surface area contributed by atoms with Gasteiger partial charge in [-0.2, -0.15) is 0 Å². The van der Waals surface area contributed by atoms with Crippen molar-refractivity contribution in [3.8, 4) is 11.5 Å². The number of benzene rings is 2. The maximum atomic E-state index is 13.2. The second-order valence-electron chi connectivity index (χ2n) is 3.94. The van der Waals surface area contributed by atoms with Crippen molar-refractivity contribution in [2.45, 2.75) is 6.92 Å². The van der Waals surface area contributed by atoms with E-state index in [0.29, 0.717) is 27.1 Å². The third-order valence-corrected chi connectivity index (χ3v) is 3.20. The Labute approximate surface area is 120 Å². The van der Waals surface area contributed by atoms with Gasteiger partial charge in [-0.05, 0) is 37.3 Å². The fraction of sp³-hybridized carbons (Fsp3) is 0.0714. The molecular weight excluding hydrogens is 288 g/mol. The Morgan fingerprint density at radius 1 is 1.11 bits per heavy atom. The van der Waals surface area contributed by atoms with Crippen molar-refractivity contribution >= 4 is 28.9 Å². The summed E-state index contributed by atoms with van der Waals surface area (Å²) in [6.07, 6.45) is 0. The van der Waals surface area contributed by atoms with Gasteiger partial charge in [-0.15, -0.1) is 0 Å². The van der Waals surface area contributed by atoms with Crippen LogP contribution >= 0.6 is 23.2 Å². The first kappa shape index (κ1) is 13.8. The highest BCUT2D eigenvalue weighted by molar-refractivity contribution is 6.42. The summed E-state index contributed by atoms with van der Waals surface area (Å²) in [7, 11) is 0. The second kappa shape index (κ2) is 5.59. The minimum absolute atomic E-state index is 0.217. The Bertz CT molecular complexity index is 643. The quantitative estimate of drug-likeness (QED) is 0.765. The van der Waals surface area contributed by atoms with E-state index in [1.807, 2.05) is 0 Å². The van der Waals surface area contributed by atoms with E-state index in [9.17, 15) is 4.39 Å². The number of nitrogens with one attached hydrogen (secondary N) is 1. The lowest BCUT2D eigenvalue weighted by atomic mass is 10.1. The predicted octanol–water partition coefficient (Wildman–Crippen LogP) is 5.31. The fourth-order valence-corrected chi connectivity index (χ4v) is 1.84. The van der Waals surface area contributed by atoms with Crippen molar-refractivity contribution in [2.75, 3.05) is 0 Å². The van der Waals surface area contributed by atoms with Gasteiger partial charge < -0.3 is 10.1 Å². The molecule has 0 aliphatic carbocycles. The lowest BCUT2D eigenvalue weighted by molar-refractivity contribution is 0.479. The highest BCUT2D eigenvalue weighted by Crippen LogP contribution is 2.31. The van der Waals surface area contributed by atoms with Gasteiger partial charge in [0.05, 0.1) is 10.0 Å². The number of hydrogen-bond donors (Lipinski definition) is 1. The van der Waals surface area contributed by atoms with Gasteiger partial charge in [0.2, 0.25) is 0 Å². The molecule has 0 saturated heterocycles. The highest BCUT2D eigenvalue weighted by atomic mass is 35.5. The van der Waals surface area contributed by atoms with Crippen molar-refractivity contribution < 1.29 is 9.13 Å². The molecule has 0 heterocycles. The molecule has 2 aromatic rings. The summed E-state index contributed by atoms with van der Waals surface area (Å²) in [5, 5.41) is 8.42. The topological polar surface area (TPSA) is 33.1 Å². The molecule has 19 heavy (non-hydrogen) atoms. The molecule has 0 fully saturated rings. The van der Waals surface area contributed by atoms with Crippen LogP contribution in [0.2, 0.25) is 10.0 Å². The molecule has 0 aliphatic heterocycles. The number of rotatable bonds is 3. The highest BCUT2D eigenvalue weighted by Gasteiger charge is 2.09. The van der Waals surface area contributed by atoms with Gasteiger partial charge in [0, 0.05) is 17.3 Å². The molecule has 0 aliphatic rings. The zero-order valence-electron chi connectivity index (χ0n) is 10.0. The summed E-state index contributed by atoms with van der Waals surface area (Å²) < 4.78 is 18.8. The van der Waals surface area contributed by atoms with Crippen molar-refractivity contribution in [1.29, 1.82) is 5.41 Å². The largest absolute Gasteiger partial charge is 0.457 e. The van der Waals surface area contributed by atoms with E-state index < -0.39 is 5.82 Å². The average Bonchev–Trinajstić information content (AvgIpc) is 2.36. The molecule has 0 spiro atoms. The van der Waals surface area contributed by atoms with Crippen molar-refractivity contribution in [3.05, 3.63) is 57.8 Å². The van der Waals surface area contributed by atoms with Gasteiger partial charge in [-0.3, -0.25) is 0 Å². The van der Waals surface area contributed by atoms with Gasteiger partial charge in [-0.25, -0.2) is 4.39 Å². The summed E-state index contributed by atoms with van der Waals surface area (Å²) in [5.74, 6) is 0.457. The first-order chi connectivity index (χ1) is 8.97. The summed E-state index contributed by atoms with van der Waals surface area (Å²) >= 11 is 11.7. The number of halogens is 3. The van der Waals surface area contributed by atoms with Crippen LogP contribution in [0.25, 0.3) is 0 Å². The third-order valence-electron chi connectivity index (χ3n) is 2.46. The smallest absolute Gasteiger partial charge is 0.136 e.